The SMILES string of the molecule is Cc1ccc(S(=O)(=O)N2CCN([C@H](C)C(=O)N[C@@H](C)[C@H]3C[C@H]4CC[C@H]3C4)CC2)s1. The van der Waals surface area contributed by atoms with Crippen molar-refractivity contribution in [2.45, 2.75) is 62.7 Å². The van der Waals surface area contributed by atoms with Crippen molar-refractivity contribution in [1.29, 1.82) is 0 Å². The summed E-state index contributed by atoms with van der Waals surface area (Å²) in [6, 6.07) is 3.53. The maximum Gasteiger partial charge on any atom is 0.252 e. The number of nitrogens with zero attached hydrogens (tertiary/aromatic N) is 2. The zero-order valence-electron chi connectivity index (χ0n) is 17.6. The predicted octanol–water partition coefficient (Wildman–Crippen LogP) is 2.69. The van der Waals surface area contributed by atoms with Crippen LogP contribution in [0.4, 0.5) is 0 Å². The molecule has 2 aliphatic carbocycles. The fourth-order valence-electron chi connectivity index (χ4n) is 5.53. The second-order valence-electron chi connectivity index (χ2n) is 9.12. The third-order valence-electron chi connectivity index (χ3n) is 7.32. The van der Waals surface area contributed by atoms with Gasteiger partial charge in [0.25, 0.3) is 10.0 Å². The fourth-order valence-corrected chi connectivity index (χ4v) is 8.39. The van der Waals surface area contributed by atoms with Gasteiger partial charge >= 0.3 is 0 Å². The first-order valence-corrected chi connectivity index (χ1v) is 13.1. The minimum absolute atomic E-state index is 0.0745. The van der Waals surface area contributed by atoms with E-state index in [0.29, 0.717) is 36.3 Å². The Morgan fingerprint density at radius 1 is 1.14 bits per heavy atom. The van der Waals surface area contributed by atoms with Crippen LogP contribution in [0, 0.1) is 24.7 Å². The Morgan fingerprint density at radius 3 is 2.41 bits per heavy atom. The summed E-state index contributed by atoms with van der Waals surface area (Å²) >= 11 is 1.32. The van der Waals surface area contributed by atoms with E-state index in [1.807, 2.05) is 19.9 Å². The molecule has 8 heteroatoms. The molecule has 5 atom stereocenters. The van der Waals surface area contributed by atoms with Crippen LogP contribution in [-0.2, 0) is 14.8 Å². The van der Waals surface area contributed by atoms with Crippen LogP contribution in [0.25, 0.3) is 0 Å². The first kappa shape index (κ1) is 21.3. The number of hydrogen-bond acceptors (Lipinski definition) is 5. The summed E-state index contributed by atoms with van der Waals surface area (Å²) in [4.78, 5) is 15.9. The molecular weight excluding hydrogens is 406 g/mol. The minimum atomic E-state index is -3.42. The number of fused-ring (bicyclic) bond motifs is 2. The van der Waals surface area contributed by atoms with E-state index in [4.69, 9.17) is 0 Å². The van der Waals surface area contributed by atoms with Crippen molar-refractivity contribution in [3.05, 3.63) is 17.0 Å². The zero-order chi connectivity index (χ0) is 20.8. The van der Waals surface area contributed by atoms with Crippen molar-refractivity contribution in [3.63, 3.8) is 0 Å². The number of sulfonamides is 1. The number of carbonyl (C=O) groups is 1. The summed E-state index contributed by atoms with van der Waals surface area (Å²) in [5.74, 6) is 2.37. The number of rotatable bonds is 6. The van der Waals surface area contributed by atoms with Crippen molar-refractivity contribution < 1.29 is 13.2 Å². The molecule has 1 amide bonds. The van der Waals surface area contributed by atoms with E-state index in [2.05, 4.69) is 17.1 Å². The molecule has 1 N–H and O–H groups in total. The van der Waals surface area contributed by atoms with Gasteiger partial charge in [0, 0.05) is 37.1 Å². The number of hydrogen-bond donors (Lipinski definition) is 1. The molecule has 0 unspecified atom stereocenters. The van der Waals surface area contributed by atoms with E-state index in [1.165, 1.54) is 37.0 Å². The van der Waals surface area contributed by atoms with E-state index >= 15 is 0 Å². The third-order valence-corrected chi connectivity index (χ3v) is 10.7. The Morgan fingerprint density at radius 2 is 1.86 bits per heavy atom. The van der Waals surface area contributed by atoms with Crippen molar-refractivity contribution in [2.24, 2.45) is 17.8 Å². The molecule has 0 radical (unpaired) electrons. The van der Waals surface area contributed by atoms with E-state index in [-0.39, 0.29) is 18.0 Å². The van der Waals surface area contributed by atoms with Gasteiger partial charge in [0.15, 0.2) is 0 Å². The van der Waals surface area contributed by atoms with Gasteiger partial charge in [-0.3, -0.25) is 9.69 Å². The highest BCUT2D eigenvalue weighted by Gasteiger charge is 2.42. The zero-order valence-corrected chi connectivity index (χ0v) is 19.3. The van der Waals surface area contributed by atoms with E-state index < -0.39 is 10.0 Å². The Hall–Kier alpha value is -0.960. The molecule has 1 aliphatic heterocycles. The Bertz CT molecular complexity index is 845. The average Bonchev–Trinajstić information content (AvgIpc) is 3.44. The number of carbonyl (C=O) groups excluding carboxylic acids is 1. The van der Waals surface area contributed by atoms with Gasteiger partial charge in [-0.1, -0.05) is 6.42 Å². The van der Waals surface area contributed by atoms with Crippen LogP contribution >= 0.6 is 11.3 Å². The second-order valence-corrected chi connectivity index (χ2v) is 12.6. The van der Waals surface area contributed by atoms with Gasteiger partial charge in [-0.2, -0.15) is 4.31 Å². The van der Waals surface area contributed by atoms with E-state index in [9.17, 15) is 13.2 Å². The van der Waals surface area contributed by atoms with Crippen LogP contribution in [0.15, 0.2) is 16.3 Å². The van der Waals surface area contributed by atoms with Gasteiger partial charge in [0.2, 0.25) is 5.91 Å². The predicted molar refractivity (Wildman–Crippen MR) is 115 cm³/mol. The van der Waals surface area contributed by atoms with Crippen LogP contribution in [0.5, 0.6) is 0 Å². The summed E-state index contributed by atoms with van der Waals surface area (Å²) < 4.78 is 27.6. The molecular formula is C21H33N3O3S2. The molecule has 3 fully saturated rings. The monoisotopic (exact) mass is 439 g/mol. The smallest absolute Gasteiger partial charge is 0.252 e. The Kier molecular flexibility index (Phi) is 6.08. The summed E-state index contributed by atoms with van der Waals surface area (Å²) in [6.45, 7) is 8.04. The highest BCUT2D eigenvalue weighted by molar-refractivity contribution is 7.91. The van der Waals surface area contributed by atoms with Crippen LogP contribution < -0.4 is 5.32 Å². The van der Waals surface area contributed by atoms with Crippen molar-refractivity contribution in [3.8, 4) is 0 Å². The molecule has 2 bridgehead atoms. The number of aryl methyl sites for hydroxylation is 1. The molecule has 1 aromatic heterocycles. The quantitative estimate of drug-likeness (QED) is 0.740. The number of piperazine rings is 1. The Labute approximate surface area is 178 Å². The van der Waals surface area contributed by atoms with Gasteiger partial charge in [-0.15, -0.1) is 11.3 Å². The van der Waals surface area contributed by atoms with Crippen LogP contribution in [0.2, 0.25) is 0 Å². The first-order chi connectivity index (χ1) is 13.8. The summed E-state index contributed by atoms with van der Waals surface area (Å²) in [5.41, 5.74) is 0. The first-order valence-electron chi connectivity index (χ1n) is 10.9. The van der Waals surface area contributed by atoms with Crippen LogP contribution in [0.3, 0.4) is 0 Å². The molecule has 3 aliphatic rings. The molecule has 1 saturated heterocycles. The van der Waals surface area contributed by atoms with Gasteiger partial charge < -0.3 is 5.32 Å². The highest BCUT2D eigenvalue weighted by Crippen LogP contribution is 2.49. The molecule has 162 valence electrons. The topological polar surface area (TPSA) is 69.7 Å². The van der Waals surface area contributed by atoms with Crippen molar-refractivity contribution in [2.75, 3.05) is 26.2 Å². The van der Waals surface area contributed by atoms with Crippen molar-refractivity contribution >= 4 is 27.3 Å². The number of amides is 1. The third kappa shape index (κ3) is 4.27. The summed E-state index contributed by atoms with van der Waals surface area (Å²) in [5, 5.41) is 3.26. The fraction of sp³-hybridized carbons (Fsp3) is 0.762. The number of thiophene rings is 1. The second kappa shape index (κ2) is 8.29. The van der Waals surface area contributed by atoms with E-state index in [1.54, 1.807) is 10.4 Å². The van der Waals surface area contributed by atoms with Crippen LogP contribution in [0.1, 0.15) is 44.4 Å². The molecule has 2 saturated carbocycles. The molecule has 4 rings (SSSR count). The normalized spacial score (nSPS) is 30.4. The van der Waals surface area contributed by atoms with Gasteiger partial charge in [-0.25, -0.2) is 8.42 Å². The van der Waals surface area contributed by atoms with E-state index in [0.717, 1.165) is 16.7 Å². The van der Waals surface area contributed by atoms with Gasteiger partial charge in [0.05, 0.1) is 6.04 Å². The molecule has 29 heavy (non-hydrogen) atoms. The van der Waals surface area contributed by atoms with Gasteiger partial charge in [0.1, 0.15) is 4.21 Å². The lowest BCUT2D eigenvalue weighted by Gasteiger charge is -2.37. The highest BCUT2D eigenvalue weighted by atomic mass is 32.2. The minimum Gasteiger partial charge on any atom is -0.352 e. The molecule has 2 heterocycles. The number of nitrogens with one attached hydrogen (secondary N) is 1. The largest absolute Gasteiger partial charge is 0.352 e. The standard InChI is InChI=1S/C21H33N3O3S2/c1-14-4-7-20(28-14)29(26,27)24-10-8-23(9-11-24)16(3)21(25)22-15(2)19-13-17-5-6-18(19)12-17/h4,7,15-19H,5-6,8-13H2,1-3H3,(H,22,25)/t15-,16+,17-,18-,19+/m0/s1. The van der Waals surface area contributed by atoms with Crippen LogP contribution in [-0.4, -0.2) is 61.8 Å². The maximum absolute atomic E-state index is 12.8. The lowest BCUT2D eigenvalue weighted by Crippen LogP contribution is -2.56. The molecule has 6 nitrogen and oxygen atoms in total. The van der Waals surface area contributed by atoms with Gasteiger partial charge in [-0.05, 0) is 69.9 Å². The molecule has 0 aromatic carbocycles. The average molecular weight is 440 g/mol. The molecule has 1 aromatic rings. The van der Waals surface area contributed by atoms with Crippen molar-refractivity contribution in [1.82, 2.24) is 14.5 Å². The molecule has 0 spiro atoms. The lowest BCUT2D eigenvalue weighted by molar-refractivity contribution is -0.127. The summed E-state index contributed by atoms with van der Waals surface area (Å²) in [7, 11) is -3.42. The summed E-state index contributed by atoms with van der Waals surface area (Å²) in [6.07, 6.45) is 5.31. The lowest BCUT2D eigenvalue weighted by atomic mass is 9.84. The maximum atomic E-state index is 12.8. The Balaban J connectivity index is 1.29.